The average Bonchev–Trinajstić information content (AvgIpc) is 3.03. The van der Waals surface area contributed by atoms with E-state index in [1.54, 1.807) is 22.5 Å². The number of carbonyl (C=O) groups is 1. The second-order valence-electron chi connectivity index (χ2n) is 7.36. The molecule has 30 heavy (non-hydrogen) atoms. The van der Waals surface area contributed by atoms with Gasteiger partial charge in [0.2, 0.25) is 15.9 Å². The molecule has 1 aliphatic heterocycles. The van der Waals surface area contributed by atoms with Crippen LogP contribution in [0.5, 0.6) is 5.75 Å². The highest BCUT2D eigenvalue weighted by atomic mass is 32.2. The lowest BCUT2D eigenvalue weighted by Gasteiger charge is -2.20. The van der Waals surface area contributed by atoms with E-state index in [1.807, 2.05) is 0 Å². The molecule has 0 spiro atoms. The fourth-order valence-corrected chi connectivity index (χ4v) is 5.01. The minimum Gasteiger partial charge on any atom is -0.494 e. The normalized spacial score (nSPS) is 15.4. The van der Waals surface area contributed by atoms with Crippen LogP contribution in [0.2, 0.25) is 0 Å². The number of carbonyl (C=O) groups excluding carboxylic acids is 1. The molecule has 8 heteroatoms. The van der Waals surface area contributed by atoms with Crippen LogP contribution in [-0.2, 0) is 21.2 Å². The van der Waals surface area contributed by atoms with Crippen LogP contribution in [0.3, 0.4) is 0 Å². The Hall–Kier alpha value is -2.45. The zero-order chi connectivity index (χ0) is 21.6. The summed E-state index contributed by atoms with van der Waals surface area (Å²) in [5.41, 5.74) is 1.22. The molecule has 1 aliphatic rings. The van der Waals surface area contributed by atoms with Gasteiger partial charge in [0, 0.05) is 25.2 Å². The van der Waals surface area contributed by atoms with Crippen molar-refractivity contribution in [2.45, 2.75) is 43.4 Å². The fourth-order valence-electron chi connectivity index (χ4n) is 3.49. The van der Waals surface area contributed by atoms with Gasteiger partial charge in [-0.05, 0) is 61.2 Å². The van der Waals surface area contributed by atoms with Crippen molar-refractivity contribution in [3.05, 3.63) is 53.8 Å². The topological polar surface area (TPSA) is 75.7 Å². The van der Waals surface area contributed by atoms with Crippen molar-refractivity contribution in [1.29, 1.82) is 0 Å². The lowest BCUT2D eigenvalue weighted by molar-refractivity contribution is -0.116. The maximum absolute atomic E-state index is 13.7. The molecule has 0 radical (unpaired) electrons. The quantitative estimate of drug-likeness (QED) is 0.716. The van der Waals surface area contributed by atoms with Crippen LogP contribution in [0.1, 0.15) is 37.7 Å². The number of halogens is 1. The van der Waals surface area contributed by atoms with Gasteiger partial charge in [0.25, 0.3) is 0 Å². The van der Waals surface area contributed by atoms with Crippen LogP contribution in [0, 0.1) is 5.82 Å². The summed E-state index contributed by atoms with van der Waals surface area (Å²) >= 11 is 0. The van der Waals surface area contributed by atoms with Crippen LogP contribution in [0.25, 0.3) is 0 Å². The number of amides is 1. The van der Waals surface area contributed by atoms with Gasteiger partial charge in [0.15, 0.2) is 11.6 Å². The van der Waals surface area contributed by atoms with Gasteiger partial charge >= 0.3 is 0 Å². The van der Waals surface area contributed by atoms with Crippen molar-refractivity contribution in [3.8, 4) is 5.75 Å². The number of sulfonamides is 1. The third-order valence-electron chi connectivity index (χ3n) is 5.20. The number of benzene rings is 2. The van der Waals surface area contributed by atoms with Crippen LogP contribution in [-0.4, -0.2) is 38.8 Å². The molecule has 0 bridgehead atoms. The van der Waals surface area contributed by atoms with E-state index in [4.69, 9.17) is 4.74 Å². The molecule has 1 N–H and O–H groups in total. The maximum Gasteiger partial charge on any atom is 0.243 e. The lowest BCUT2D eigenvalue weighted by atomic mass is 10.1. The molecule has 2 aromatic rings. The Kier molecular flexibility index (Phi) is 7.44. The SMILES string of the molecule is COc1ccc(CCC(=O)Nc2ccc(S(=O)(=O)N3CCCCCC3)cc2)cc1F. The summed E-state index contributed by atoms with van der Waals surface area (Å²) in [6.07, 6.45) is 4.44. The minimum atomic E-state index is -3.51. The standard InChI is InChI=1S/C22H27FN2O4S/c1-29-21-12-6-17(16-20(21)23)7-13-22(26)24-18-8-10-19(11-9-18)30(27,28)25-14-4-2-3-5-15-25/h6,8-12,16H,2-5,7,13-15H2,1H3,(H,24,26). The number of rotatable bonds is 7. The van der Waals surface area contributed by atoms with E-state index >= 15 is 0 Å². The van der Waals surface area contributed by atoms with Gasteiger partial charge in [0.05, 0.1) is 12.0 Å². The molecule has 3 rings (SSSR count). The number of nitrogens with zero attached hydrogens (tertiary/aromatic N) is 1. The summed E-state index contributed by atoms with van der Waals surface area (Å²) in [4.78, 5) is 12.4. The first-order chi connectivity index (χ1) is 14.4. The largest absolute Gasteiger partial charge is 0.494 e. The predicted molar refractivity (Wildman–Crippen MR) is 114 cm³/mol. The van der Waals surface area contributed by atoms with Gasteiger partial charge in [-0.25, -0.2) is 12.8 Å². The van der Waals surface area contributed by atoms with E-state index in [2.05, 4.69) is 5.32 Å². The average molecular weight is 435 g/mol. The highest BCUT2D eigenvalue weighted by Crippen LogP contribution is 2.22. The van der Waals surface area contributed by atoms with Gasteiger partial charge in [-0.15, -0.1) is 0 Å². The lowest BCUT2D eigenvalue weighted by Crippen LogP contribution is -2.31. The second kappa shape index (κ2) is 10.0. The molecule has 1 amide bonds. The molecule has 1 heterocycles. The van der Waals surface area contributed by atoms with Crippen LogP contribution in [0.4, 0.5) is 10.1 Å². The maximum atomic E-state index is 13.7. The Balaban J connectivity index is 1.57. The number of anilines is 1. The molecule has 0 unspecified atom stereocenters. The van der Waals surface area contributed by atoms with Crippen molar-refractivity contribution in [1.82, 2.24) is 4.31 Å². The number of hydrogen-bond acceptors (Lipinski definition) is 4. The van der Waals surface area contributed by atoms with Gasteiger partial charge < -0.3 is 10.1 Å². The minimum absolute atomic E-state index is 0.165. The summed E-state index contributed by atoms with van der Waals surface area (Å²) in [6.45, 7) is 1.10. The Labute approximate surface area is 177 Å². The number of aryl methyl sites for hydroxylation is 1. The van der Waals surface area contributed by atoms with Crippen molar-refractivity contribution in [2.24, 2.45) is 0 Å². The monoisotopic (exact) mass is 434 g/mol. The third-order valence-corrected chi connectivity index (χ3v) is 7.11. The van der Waals surface area contributed by atoms with E-state index in [-0.39, 0.29) is 23.0 Å². The van der Waals surface area contributed by atoms with Gasteiger partial charge in [0.1, 0.15) is 0 Å². The number of hydrogen-bond donors (Lipinski definition) is 1. The van der Waals surface area contributed by atoms with Crippen molar-refractivity contribution in [2.75, 3.05) is 25.5 Å². The fraction of sp³-hybridized carbons (Fsp3) is 0.409. The zero-order valence-electron chi connectivity index (χ0n) is 17.1. The molecule has 6 nitrogen and oxygen atoms in total. The summed E-state index contributed by atoms with van der Waals surface area (Å²) in [5, 5.41) is 2.75. The summed E-state index contributed by atoms with van der Waals surface area (Å²) < 4.78 is 45.8. The second-order valence-corrected chi connectivity index (χ2v) is 9.30. The Morgan fingerprint density at radius 2 is 1.73 bits per heavy atom. The molecule has 0 saturated carbocycles. The molecular weight excluding hydrogens is 407 g/mol. The van der Waals surface area contributed by atoms with Crippen molar-refractivity contribution >= 4 is 21.6 Å². The highest BCUT2D eigenvalue weighted by molar-refractivity contribution is 7.89. The van der Waals surface area contributed by atoms with Crippen molar-refractivity contribution < 1.29 is 22.3 Å². The molecule has 0 aromatic heterocycles. The van der Waals surface area contributed by atoms with E-state index in [9.17, 15) is 17.6 Å². The first-order valence-corrected chi connectivity index (χ1v) is 11.6. The Morgan fingerprint density at radius 3 is 2.33 bits per heavy atom. The Morgan fingerprint density at radius 1 is 1.07 bits per heavy atom. The van der Waals surface area contributed by atoms with Crippen molar-refractivity contribution in [3.63, 3.8) is 0 Å². The Bertz CT molecular complexity index is 969. The number of nitrogens with one attached hydrogen (secondary N) is 1. The molecule has 1 fully saturated rings. The van der Waals surface area contributed by atoms with Crippen LogP contribution < -0.4 is 10.1 Å². The zero-order valence-corrected chi connectivity index (χ0v) is 17.9. The highest BCUT2D eigenvalue weighted by Gasteiger charge is 2.24. The molecule has 1 saturated heterocycles. The van der Waals surface area contributed by atoms with Gasteiger partial charge in [-0.2, -0.15) is 4.31 Å². The number of methoxy groups -OCH3 is 1. The van der Waals surface area contributed by atoms with E-state index in [0.717, 1.165) is 25.7 Å². The molecular formula is C22H27FN2O4S. The number of ether oxygens (including phenoxy) is 1. The molecule has 0 aliphatic carbocycles. The van der Waals surface area contributed by atoms with E-state index < -0.39 is 15.8 Å². The van der Waals surface area contributed by atoms with Gasteiger partial charge in [-0.3, -0.25) is 4.79 Å². The van der Waals surface area contributed by atoms with Crippen LogP contribution >= 0.6 is 0 Å². The first kappa shape index (κ1) is 22.2. The predicted octanol–water partition coefficient (Wildman–Crippen LogP) is 3.97. The molecule has 162 valence electrons. The smallest absolute Gasteiger partial charge is 0.243 e. The van der Waals surface area contributed by atoms with E-state index in [1.165, 1.54) is 31.4 Å². The van der Waals surface area contributed by atoms with Gasteiger partial charge in [-0.1, -0.05) is 18.9 Å². The summed E-state index contributed by atoms with van der Waals surface area (Å²) in [6, 6.07) is 10.8. The molecule has 2 aromatic carbocycles. The van der Waals surface area contributed by atoms with E-state index in [0.29, 0.717) is 30.8 Å². The van der Waals surface area contributed by atoms with Crippen LogP contribution in [0.15, 0.2) is 47.4 Å². The molecule has 0 atom stereocenters. The summed E-state index contributed by atoms with van der Waals surface area (Å²) in [5.74, 6) is -0.524. The summed E-state index contributed by atoms with van der Waals surface area (Å²) in [7, 11) is -2.11. The first-order valence-electron chi connectivity index (χ1n) is 10.1. The third kappa shape index (κ3) is 5.58.